The van der Waals surface area contributed by atoms with Crippen LogP contribution in [0.4, 0.5) is 10.5 Å². The molecule has 3 aromatic carbocycles. The van der Waals surface area contributed by atoms with Gasteiger partial charge in [0.15, 0.2) is 0 Å². The Labute approximate surface area is 256 Å². The Kier molecular flexibility index (Phi) is 4.79. The molecule has 41 heavy (non-hydrogen) atoms. The first-order chi connectivity index (χ1) is 24.2. The SMILES string of the molecule is [2H]C([2H])([2H])Oc1cc(C(=O)NS(=O)(=O)c2ccccc2C([2H])([2H])[2H])ccc1C([2H])([2H])c1cn(C)c2ccc(NC(=O)OC3C([2H])([2H])CCC3([2H])[2H])cc12. The van der Waals surface area contributed by atoms with Gasteiger partial charge in [0.1, 0.15) is 11.9 Å². The van der Waals surface area contributed by atoms with Crippen LogP contribution in [0.5, 0.6) is 5.75 Å². The van der Waals surface area contributed by atoms with Gasteiger partial charge in [-0.2, -0.15) is 0 Å². The third-order valence-electron chi connectivity index (χ3n) is 6.27. The van der Waals surface area contributed by atoms with E-state index in [0.717, 1.165) is 30.3 Å². The summed E-state index contributed by atoms with van der Waals surface area (Å²) in [5, 5.41) is 2.64. The summed E-state index contributed by atoms with van der Waals surface area (Å²) in [7, 11) is -6.33. The molecule has 1 fully saturated rings. The first-order valence-electron chi connectivity index (χ1n) is 18.3. The molecule has 0 saturated heterocycles. The Bertz CT molecular complexity index is 2180. The zero-order valence-corrected chi connectivity index (χ0v) is 22.5. The molecule has 1 aliphatic carbocycles. The third kappa shape index (κ3) is 6.22. The van der Waals surface area contributed by atoms with Crippen molar-refractivity contribution >= 4 is 38.6 Å². The van der Waals surface area contributed by atoms with Gasteiger partial charge in [0.25, 0.3) is 15.9 Å². The minimum absolute atomic E-state index is 0.0491. The number of amides is 2. The number of ether oxygens (including phenoxy) is 2. The summed E-state index contributed by atoms with van der Waals surface area (Å²) in [6.07, 6.45) is -8.48. The molecule has 9 nitrogen and oxygen atoms in total. The fraction of sp³-hybridized carbons (Fsp3) is 0.290. The predicted molar refractivity (Wildman–Crippen MR) is 157 cm³/mol. The highest BCUT2D eigenvalue weighted by atomic mass is 32.2. The molecule has 0 atom stereocenters. The zero-order valence-electron chi connectivity index (χ0n) is 33.6. The zero-order chi connectivity index (χ0) is 39.5. The lowest BCUT2D eigenvalue weighted by Gasteiger charge is -2.13. The van der Waals surface area contributed by atoms with Gasteiger partial charge in [-0.05, 0) is 85.5 Å². The van der Waals surface area contributed by atoms with Crippen LogP contribution >= 0.6 is 0 Å². The van der Waals surface area contributed by atoms with Crippen LogP contribution in [-0.2, 0) is 28.2 Å². The van der Waals surface area contributed by atoms with Gasteiger partial charge in [-0.1, -0.05) is 24.3 Å². The van der Waals surface area contributed by atoms with Crippen LogP contribution in [0.25, 0.3) is 10.9 Å². The molecule has 2 amide bonds. The number of sulfonamides is 1. The molecular weight excluding hydrogens is 542 g/mol. The number of nitrogens with zero attached hydrogens (tertiary/aromatic N) is 1. The van der Waals surface area contributed by atoms with Crippen LogP contribution in [0.2, 0.25) is 0 Å². The average molecular weight is 588 g/mol. The van der Waals surface area contributed by atoms with Crippen molar-refractivity contribution in [1.29, 1.82) is 0 Å². The number of carbonyl (C=O) groups excluding carboxylic acids is 2. The highest BCUT2D eigenvalue weighted by molar-refractivity contribution is 7.90. The maximum absolute atomic E-state index is 13.2. The molecule has 5 rings (SSSR count). The molecule has 1 saturated carbocycles. The van der Waals surface area contributed by atoms with E-state index in [0.29, 0.717) is 5.52 Å². The average Bonchev–Trinajstić information content (AvgIpc) is 3.47. The summed E-state index contributed by atoms with van der Waals surface area (Å²) in [5.41, 5.74) is -0.888. The predicted octanol–water partition coefficient (Wildman–Crippen LogP) is 5.70. The number of hydrogen-bond acceptors (Lipinski definition) is 6. The number of aryl methyl sites for hydroxylation is 2. The molecule has 4 aromatic rings. The van der Waals surface area contributed by atoms with Crippen LogP contribution in [0.15, 0.2) is 71.8 Å². The number of benzene rings is 3. The second-order valence-corrected chi connectivity index (χ2v) is 10.7. The minimum atomic E-state index is -4.77. The number of anilines is 1. The fourth-order valence-electron chi connectivity index (χ4n) is 4.32. The number of nitrogens with one attached hydrogen (secondary N) is 2. The molecule has 1 heterocycles. The number of rotatable bonds is 8. The van der Waals surface area contributed by atoms with Crippen molar-refractivity contribution in [3.63, 3.8) is 0 Å². The van der Waals surface area contributed by atoms with Crippen molar-refractivity contribution in [3.8, 4) is 5.75 Å². The normalized spacial score (nSPS) is 21.5. The highest BCUT2D eigenvalue weighted by Gasteiger charge is 2.22. The molecule has 0 radical (unpaired) electrons. The maximum atomic E-state index is 13.2. The van der Waals surface area contributed by atoms with Gasteiger partial charge in [-0.3, -0.25) is 10.1 Å². The smallest absolute Gasteiger partial charge is 0.411 e. The van der Waals surface area contributed by atoms with E-state index in [1.54, 1.807) is 16.3 Å². The van der Waals surface area contributed by atoms with Gasteiger partial charge in [0.2, 0.25) is 0 Å². The van der Waals surface area contributed by atoms with Crippen LogP contribution in [-0.4, -0.2) is 38.1 Å². The summed E-state index contributed by atoms with van der Waals surface area (Å²) in [5.74, 6) is -1.93. The number of methoxy groups -OCH3 is 1. The number of carbonyl (C=O) groups is 2. The Balaban J connectivity index is 1.49. The van der Waals surface area contributed by atoms with Crippen molar-refractivity contribution in [2.75, 3.05) is 12.4 Å². The van der Waals surface area contributed by atoms with Crippen molar-refractivity contribution in [2.45, 2.75) is 49.8 Å². The number of aromatic nitrogens is 1. The van der Waals surface area contributed by atoms with Crippen molar-refractivity contribution in [1.82, 2.24) is 9.29 Å². The van der Waals surface area contributed by atoms with Crippen molar-refractivity contribution < 1.29 is 43.9 Å². The second kappa shape index (κ2) is 11.7. The van der Waals surface area contributed by atoms with E-state index in [4.69, 9.17) is 25.9 Å². The summed E-state index contributed by atoms with van der Waals surface area (Å²) in [4.78, 5) is 25.3. The summed E-state index contributed by atoms with van der Waals surface area (Å²) < 4.78 is 136. The molecule has 1 aromatic heterocycles. The number of hydrogen-bond donors (Lipinski definition) is 2. The molecule has 0 bridgehead atoms. The quantitative estimate of drug-likeness (QED) is 0.273. The molecular formula is C31H33N3O6S. The second-order valence-electron chi connectivity index (χ2n) is 9.07. The van der Waals surface area contributed by atoms with Crippen LogP contribution in [0.3, 0.4) is 0 Å². The summed E-state index contributed by atoms with van der Waals surface area (Å²) in [6, 6.07) is 12.0. The Morgan fingerprint density at radius 2 is 1.90 bits per heavy atom. The topological polar surface area (TPSA) is 116 Å². The lowest BCUT2D eigenvalue weighted by Crippen LogP contribution is -2.31. The van der Waals surface area contributed by atoms with E-state index in [1.165, 1.54) is 36.5 Å². The van der Waals surface area contributed by atoms with Gasteiger partial charge in [0.05, 0.1) is 16.0 Å². The highest BCUT2D eigenvalue weighted by Crippen LogP contribution is 2.30. The molecule has 2 N–H and O–H groups in total. The molecule has 214 valence electrons. The monoisotopic (exact) mass is 587 g/mol. The Morgan fingerprint density at radius 1 is 1.10 bits per heavy atom. The van der Waals surface area contributed by atoms with Crippen LogP contribution in [0, 0.1) is 6.85 Å². The summed E-state index contributed by atoms with van der Waals surface area (Å²) in [6.45, 7) is -2.84. The lowest BCUT2D eigenvalue weighted by atomic mass is 10.0. The van der Waals surface area contributed by atoms with Gasteiger partial charge in [-0.25, -0.2) is 17.9 Å². The van der Waals surface area contributed by atoms with E-state index in [2.05, 4.69) is 5.32 Å². The van der Waals surface area contributed by atoms with Crippen LogP contribution in [0.1, 0.15) is 69.1 Å². The molecule has 1 aliphatic rings. The van der Waals surface area contributed by atoms with Gasteiger partial charge < -0.3 is 14.0 Å². The Hall–Kier alpha value is -4.31. The van der Waals surface area contributed by atoms with Gasteiger partial charge in [0, 0.05) is 54.1 Å². The molecule has 0 aliphatic heterocycles. The van der Waals surface area contributed by atoms with E-state index in [-0.39, 0.29) is 35.0 Å². The van der Waals surface area contributed by atoms with E-state index < -0.39 is 82.9 Å². The minimum Gasteiger partial charge on any atom is -0.496 e. The molecule has 0 unspecified atom stereocenters. The van der Waals surface area contributed by atoms with Crippen LogP contribution < -0.4 is 14.8 Å². The van der Waals surface area contributed by atoms with Gasteiger partial charge >= 0.3 is 6.09 Å². The molecule has 0 spiro atoms. The molecule has 10 heteroatoms. The summed E-state index contributed by atoms with van der Waals surface area (Å²) >= 11 is 0. The van der Waals surface area contributed by atoms with Crippen molar-refractivity contribution in [2.24, 2.45) is 7.05 Å². The Morgan fingerprint density at radius 3 is 2.68 bits per heavy atom. The fourth-order valence-corrected chi connectivity index (χ4v) is 5.41. The lowest BCUT2D eigenvalue weighted by molar-refractivity contribution is 0.0980. The first kappa shape index (κ1) is 16.8. The van der Waals surface area contributed by atoms with E-state index >= 15 is 0 Å². The number of fused-ring (bicyclic) bond motifs is 1. The first-order valence-corrected chi connectivity index (χ1v) is 13.8. The van der Waals surface area contributed by atoms with Gasteiger partial charge in [-0.15, -0.1) is 0 Å². The van der Waals surface area contributed by atoms with Crippen molar-refractivity contribution in [3.05, 3.63) is 89.1 Å². The third-order valence-corrected chi connectivity index (χ3v) is 7.66. The van der Waals surface area contributed by atoms with E-state index in [9.17, 15) is 18.0 Å². The standard InChI is InChI=1S/C31H33N3O6S/c1-20-8-4-7-11-29(20)41(37,38)33-30(35)22-13-12-21(28(17-22)39-3)16-23-19-34(2)27-15-14-24(18-26(23)27)32-31(36)40-25-9-5-6-10-25/h4,7-8,11-15,17-19,25H,5-6,9-10,16H2,1-3H3,(H,32,36)(H,33,35)/i1D3,3D3,9D2,10D2,16D2. The maximum Gasteiger partial charge on any atom is 0.411 e. The largest absolute Gasteiger partial charge is 0.496 e. The van der Waals surface area contributed by atoms with E-state index in [1.807, 2.05) is 0 Å².